The van der Waals surface area contributed by atoms with Gasteiger partial charge in [-0.05, 0) is 25.0 Å². The molecule has 0 unspecified atom stereocenters. The van der Waals surface area contributed by atoms with E-state index in [0.717, 1.165) is 25.0 Å². The van der Waals surface area contributed by atoms with Crippen molar-refractivity contribution in [1.29, 1.82) is 0 Å². The number of hydrogen-bond donors (Lipinski definition) is 0. The molecule has 2 heterocycles. The quantitative estimate of drug-likeness (QED) is 0.815. The maximum Gasteiger partial charge on any atom is 0.281 e. The maximum absolute atomic E-state index is 11.4. The Morgan fingerprint density at radius 3 is 2.72 bits per heavy atom. The van der Waals surface area contributed by atoms with E-state index >= 15 is 0 Å². The van der Waals surface area contributed by atoms with Gasteiger partial charge in [-0.3, -0.25) is 0 Å². The molecule has 0 atom stereocenters. The summed E-state index contributed by atoms with van der Waals surface area (Å²) in [4.78, 5) is 3.90. The summed E-state index contributed by atoms with van der Waals surface area (Å²) in [7, 11) is 1.35. The highest BCUT2D eigenvalue weighted by molar-refractivity contribution is 8.13. The van der Waals surface area contributed by atoms with Gasteiger partial charge in [-0.2, -0.15) is 9.61 Å². The molecule has 0 saturated heterocycles. The number of fused-ring (bicyclic) bond motifs is 1. The summed E-state index contributed by atoms with van der Waals surface area (Å²) in [6.07, 6.45) is 2.78. The van der Waals surface area contributed by atoms with E-state index in [0.29, 0.717) is 5.65 Å². The van der Waals surface area contributed by atoms with Crippen molar-refractivity contribution in [1.82, 2.24) is 14.6 Å². The van der Waals surface area contributed by atoms with Crippen LogP contribution < -0.4 is 0 Å². The Kier molecular flexibility index (Phi) is 3.79. The molecule has 0 spiro atoms. The number of imidazole rings is 1. The molecular formula is C10H11Cl2N3O2S. The monoisotopic (exact) mass is 307 g/mol. The van der Waals surface area contributed by atoms with Gasteiger partial charge in [0.25, 0.3) is 9.05 Å². The van der Waals surface area contributed by atoms with Crippen molar-refractivity contribution in [3.8, 4) is 0 Å². The summed E-state index contributed by atoms with van der Waals surface area (Å²) in [5.41, 5.74) is 1.14. The molecule has 0 radical (unpaired) electrons. The third-order valence-electron chi connectivity index (χ3n) is 2.47. The van der Waals surface area contributed by atoms with Crippen molar-refractivity contribution in [2.45, 2.75) is 31.2 Å². The second-order valence-corrected chi connectivity index (χ2v) is 6.68. The van der Waals surface area contributed by atoms with E-state index in [1.807, 2.05) is 0 Å². The number of rotatable bonds is 4. The molecular weight excluding hydrogens is 297 g/mol. The lowest BCUT2D eigenvalue weighted by molar-refractivity contribution is 0.601. The van der Waals surface area contributed by atoms with E-state index in [2.05, 4.69) is 17.0 Å². The van der Waals surface area contributed by atoms with E-state index in [1.54, 1.807) is 12.1 Å². The Labute approximate surface area is 114 Å². The lowest BCUT2D eigenvalue weighted by Crippen LogP contribution is -2.04. The number of halogens is 2. The number of aryl methyl sites for hydroxylation is 1. The minimum Gasteiger partial charge on any atom is -0.214 e. The molecule has 2 aromatic rings. The number of unbranched alkanes of at least 4 members (excludes halogenated alkanes) is 1. The van der Waals surface area contributed by atoms with Gasteiger partial charge in [0, 0.05) is 10.7 Å². The zero-order valence-electron chi connectivity index (χ0n) is 9.60. The van der Waals surface area contributed by atoms with Crippen LogP contribution in [0.25, 0.3) is 5.65 Å². The molecule has 0 saturated carbocycles. The molecule has 98 valence electrons. The van der Waals surface area contributed by atoms with Gasteiger partial charge in [0.1, 0.15) is 0 Å². The van der Waals surface area contributed by atoms with Gasteiger partial charge in [-0.15, -0.1) is 0 Å². The number of aromatic nitrogens is 3. The Balaban J connectivity index is 2.60. The van der Waals surface area contributed by atoms with E-state index in [9.17, 15) is 8.42 Å². The minimum absolute atomic E-state index is 0.162. The largest absolute Gasteiger partial charge is 0.281 e. The molecule has 0 aliphatic heterocycles. The van der Waals surface area contributed by atoms with Gasteiger partial charge in [0.05, 0.1) is 5.69 Å². The van der Waals surface area contributed by atoms with Crippen molar-refractivity contribution < 1.29 is 8.42 Å². The topological polar surface area (TPSA) is 64.3 Å². The van der Waals surface area contributed by atoms with Crippen LogP contribution in [0.15, 0.2) is 17.2 Å². The van der Waals surface area contributed by atoms with Crippen LogP contribution in [0.1, 0.15) is 25.5 Å². The molecule has 0 aliphatic rings. The molecule has 0 fully saturated rings. The number of hydrogen-bond acceptors (Lipinski definition) is 4. The first-order valence-corrected chi connectivity index (χ1v) is 8.11. The van der Waals surface area contributed by atoms with E-state index in [-0.39, 0.29) is 10.2 Å². The Hall–Kier alpha value is -0.850. The molecule has 18 heavy (non-hydrogen) atoms. The van der Waals surface area contributed by atoms with Crippen molar-refractivity contribution in [3.05, 3.63) is 23.0 Å². The Bertz CT molecular complexity index is 682. The van der Waals surface area contributed by atoms with Gasteiger partial charge in [-0.25, -0.2) is 13.4 Å². The summed E-state index contributed by atoms with van der Waals surface area (Å²) in [5, 5.41) is 3.77. The predicted molar refractivity (Wildman–Crippen MR) is 69.6 cm³/mol. The third kappa shape index (κ3) is 2.60. The number of nitrogens with zero attached hydrogens (tertiary/aromatic N) is 3. The first-order chi connectivity index (χ1) is 8.43. The highest BCUT2D eigenvalue weighted by Gasteiger charge is 2.23. The molecule has 0 bridgehead atoms. The zero-order valence-corrected chi connectivity index (χ0v) is 11.9. The SMILES string of the molecule is CCCCc1ccc2nc(Cl)c(S(=O)(=O)Cl)n2n1. The first-order valence-electron chi connectivity index (χ1n) is 5.42. The highest BCUT2D eigenvalue weighted by Crippen LogP contribution is 2.25. The van der Waals surface area contributed by atoms with Crippen LogP contribution in [0.3, 0.4) is 0 Å². The van der Waals surface area contributed by atoms with Crippen LogP contribution >= 0.6 is 22.3 Å². The van der Waals surface area contributed by atoms with Gasteiger partial charge in [0.15, 0.2) is 10.8 Å². The molecule has 2 rings (SSSR count). The van der Waals surface area contributed by atoms with Crippen molar-refractivity contribution in [3.63, 3.8) is 0 Å². The molecule has 0 aromatic carbocycles. The molecule has 0 amide bonds. The summed E-state index contributed by atoms with van der Waals surface area (Å²) in [5.74, 6) is 0. The van der Waals surface area contributed by atoms with Crippen LogP contribution in [0.4, 0.5) is 0 Å². The standard InChI is InChI=1S/C10H11Cl2N3O2S/c1-2-3-4-7-5-6-8-13-9(11)10(15(8)14-7)18(12,16)17/h5-6H,2-4H2,1H3. The predicted octanol–water partition coefficient (Wildman–Crippen LogP) is 2.65. The van der Waals surface area contributed by atoms with Crippen LogP contribution in [0, 0.1) is 0 Å². The lowest BCUT2D eigenvalue weighted by atomic mass is 10.2. The second kappa shape index (κ2) is 5.03. The Morgan fingerprint density at radius 1 is 1.39 bits per heavy atom. The lowest BCUT2D eigenvalue weighted by Gasteiger charge is -2.01. The van der Waals surface area contributed by atoms with Crippen molar-refractivity contribution in [2.75, 3.05) is 0 Å². The van der Waals surface area contributed by atoms with Crippen LogP contribution in [0.2, 0.25) is 5.15 Å². The van der Waals surface area contributed by atoms with E-state index in [1.165, 1.54) is 4.52 Å². The van der Waals surface area contributed by atoms with E-state index < -0.39 is 9.05 Å². The molecule has 5 nitrogen and oxygen atoms in total. The van der Waals surface area contributed by atoms with Crippen LogP contribution in [-0.4, -0.2) is 23.0 Å². The smallest absolute Gasteiger partial charge is 0.214 e. The summed E-state index contributed by atoms with van der Waals surface area (Å²) < 4.78 is 24.0. The van der Waals surface area contributed by atoms with Crippen LogP contribution in [-0.2, 0) is 15.5 Å². The Morgan fingerprint density at radius 2 is 2.11 bits per heavy atom. The second-order valence-electron chi connectivity index (χ2n) is 3.84. The summed E-state index contributed by atoms with van der Waals surface area (Å²) >= 11 is 5.77. The van der Waals surface area contributed by atoms with Crippen LogP contribution in [0.5, 0.6) is 0 Å². The first kappa shape index (κ1) is 13.6. The fourth-order valence-electron chi connectivity index (χ4n) is 1.62. The normalized spacial score (nSPS) is 12.2. The van der Waals surface area contributed by atoms with Gasteiger partial charge in [0.2, 0.25) is 5.03 Å². The average molecular weight is 308 g/mol. The molecule has 2 aromatic heterocycles. The molecule has 0 aliphatic carbocycles. The molecule has 8 heteroatoms. The fraction of sp³-hybridized carbons (Fsp3) is 0.400. The highest BCUT2D eigenvalue weighted by atomic mass is 35.7. The zero-order chi connectivity index (χ0) is 13.3. The summed E-state index contributed by atoms with van der Waals surface area (Å²) in [6.45, 7) is 2.07. The molecule has 0 N–H and O–H groups in total. The summed E-state index contributed by atoms with van der Waals surface area (Å²) in [6, 6.07) is 3.48. The van der Waals surface area contributed by atoms with Gasteiger partial charge in [-0.1, -0.05) is 24.9 Å². The third-order valence-corrected chi connectivity index (χ3v) is 4.11. The maximum atomic E-state index is 11.4. The van der Waals surface area contributed by atoms with E-state index in [4.69, 9.17) is 22.3 Å². The van der Waals surface area contributed by atoms with Gasteiger partial charge < -0.3 is 0 Å². The van der Waals surface area contributed by atoms with Crippen molar-refractivity contribution in [2.24, 2.45) is 0 Å². The minimum atomic E-state index is -3.98. The fourth-order valence-corrected chi connectivity index (χ4v) is 3.21. The average Bonchev–Trinajstić information content (AvgIpc) is 2.60. The van der Waals surface area contributed by atoms with Gasteiger partial charge >= 0.3 is 0 Å². The van der Waals surface area contributed by atoms with Crippen molar-refractivity contribution >= 4 is 37.0 Å².